The van der Waals surface area contributed by atoms with Gasteiger partial charge in [0, 0.05) is 13.1 Å². The van der Waals surface area contributed by atoms with E-state index in [9.17, 15) is 0 Å². The topological polar surface area (TPSA) is 59.6 Å². The molecule has 0 spiro atoms. The Balaban J connectivity index is 3.35. The van der Waals surface area contributed by atoms with E-state index in [0.29, 0.717) is 25.0 Å². The van der Waals surface area contributed by atoms with Crippen LogP contribution in [0.25, 0.3) is 0 Å². The molecule has 0 fully saturated rings. The Bertz CT molecular complexity index is 202. The predicted molar refractivity (Wildman–Crippen MR) is 69.6 cm³/mol. The third kappa shape index (κ3) is 11.0. The van der Waals surface area contributed by atoms with Crippen molar-refractivity contribution in [1.29, 1.82) is 0 Å². The molecule has 0 radical (unpaired) electrons. The van der Waals surface area contributed by atoms with E-state index in [1.54, 1.807) is 0 Å². The van der Waals surface area contributed by atoms with Crippen molar-refractivity contribution in [3.05, 3.63) is 12.7 Å². The molecule has 0 aliphatic carbocycles. The highest BCUT2D eigenvalue weighted by atomic mass is 16.5. The van der Waals surface area contributed by atoms with E-state index in [1.807, 2.05) is 6.08 Å². The van der Waals surface area contributed by atoms with Crippen molar-refractivity contribution in [2.75, 3.05) is 26.3 Å². The van der Waals surface area contributed by atoms with Crippen molar-refractivity contribution in [3.63, 3.8) is 0 Å². The minimum Gasteiger partial charge on any atom is -0.379 e. The molecule has 0 unspecified atom stereocenters. The normalized spacial score (nSPS) is 11.8. The predicted octanol–water partition coefficient (Wildman–Crippen LogP) is 1.53. The maximum absolute atomic E-state index is 5.67. The van der Waals surface area contributed by atoms with Gasteiger partial charge in [0.25, 0.3) is 0 Å². The van der Waals surface area contributed by atoms with E-state index in [0.717, 1.165) is 26.0 Å². The highest BCUT2D eigenvalue weighted by Gasteiger charge is 1.94. The second kappa shape index (κ2) is 10.5. The smallest absolute Gasteiger partial charge is 0.188 e. The molecule has 4 heteroatoms. The standard InChI is InChI=1S/C12H25N3O/c1-4-5-9-16-10-8-15-12(13)14-7-6-11(2)3/h4,11H,1,5-10H2,2-3H3,(H3,13,14,15). The summed E-state index contributed by atoms with van der Waals surface area (Å²) in [4.78, 5) is 4.21. The first-order chi connectivity index (χ1) is 7.66. The highest BCUT2D eigenvalue weighted by molar-refractivity contribution is 5.77. The van der Waals surface area contributed by atoms with Crippen LogP contribution in [0.5, 0.6) is 0 Å². The molecule has 16 heavy (non-hydrogen) atoms. The van der Waals surface area contributed by atoms with E-state index < -0.39 is 0 Å². The van der Waals surface area contributed by atoms with E-state index in [4.69, 9.17) is 10.5 Å². The summed E-state index contributed by atoms with van der Waals surface area (Å²) in [7, 11) is 0. The maximum atomic E-state index is 5.67. The molecule has 0 aromatic rings. The largest absolute Gasteiger partial charge is 0.379 e. The minimum atomic E-state index is 0.507. The van der Waals surface area contributed by atoms with Crippen LogP contribution in [-0.2, 0) is 4.74 Å². The van der Waals surface area contributed by atoms with Gasteiger partial charge in [-0.3, -0.25) is 4.99 Å². The Kier molecular flexibility index (Phi) is 9.81. The molecule has 0 aliphatic rings. The molecule has 94 valence electrons. The van der Waals surface area contributed by atoms with Crippen LogP contribution in [0.1, 0.15) is 26.7 Å². The number of ether oxygens (including phenoxy) is 1. The Morgan fingerprint density at radius 2 is 2.25 bits per heavy atom. The van der Waals surface area contributed by atoms with Gasteiger partial charge in [0.15, 0.2) is 5.96 Å². The van der Waals surface area contributed by atoms with E-state index in [1.165, 1.54) is 0 Å². The monoisotopic (exact) mass is 227 g/mol. The molecule has 4 nitrogen and oxygen atoms in total. The number of hydrogen-bond acceptors (Lipinski definition) is 2. The fourth-order valence-corrected chi connectivity index (χ4v) is 1.02. The SMILES string of the molecule is C=CCCOCCNC(N)=NCCC(C)C. The minimum absolute atomic E-state index is 0.507. The van der Waals surface area contributed by atoms with Crippen molar-refractivity contribution < 1.29 is 4.74 Å². The van der Waals surface area contributed by atoms with Gasteiger partial charge in [-0.05, 0) is 18.8 Å². The highest BCUT2D eigenvalue weighted by Crippen LogP contribution is 1.97. The number of hydrogen-bond donors (Lipinski definition) is 2. The van der Waals surface area contributed by atoms with Crippen LogP contribution in [0.4, 0.5) is 0 Å². The molecule has 3 N–H and O–H groups in total. The van der Waals surface area contributed by atoms with Gasteiger partial charge in [-0.15, -0.1) is 6.58 Å². The number of aliphatic imine (C=N–C) groups is 1. The molecule has 0 aromatic carbocycles. The zero-order chi connectivity index (χ0) is 12.2. The lowest BCUT2D eigenvalue weighted by molar-refractivity contribution is 0.143. The van der Waals surface area contributed by atoms with Crippen molar-refractivity contribution in [1.82, 2.24) is 5.32 Å². The molecule has 0 aliphatic heterocycles. The van der Waals surface area contributed by atoms with Crippen LogP contribution >= 0.6 is 0 Å². The van der Waals surface area contributed by atoms with Crippen LogP contribution in [0.15, 0.2) is 17.6 Å². The molecule has 0 rings (SSSR count). The molecule has 0 atom stereocenters. The van der Waals surface area contributed by atoms with Crippen LogP contribution in [0, 0.1) is 5.92 Å². The lowest BCUT2D eigenvalue weighted by atomic mass is 10.1. The van der Waals surface area contributed by atoms with Gasteiger partial charge in [-0.2, -0.15) is 0 Å². The van der Waals surface area contributed by atoms with Gasteiger partial charge in [0.1, 0.15) is 0 Å². The molecule has 0 amide bonds. The van der Waals surface area contributed by atoms with Crippen LogP contribution < -0.4 is 11.1 Å². The number of guanidine groups is 1. The van der Waals surface area contributed by atoms with E-state index >= 15 is 0 Å². The number of nitrogens with one attached hydrogen (secondary N) is 1. The Morgan fingerprint density at radius 1 is 1.50 bits per heavy atom. The molecule has 0 heterocycles. The van der Waals surface area contributed by atoms with E-state index in [2.05, 4.69) is 30.7 Å². The van der Waals surface area contributed by atoms with Gasteiger partial charge in [0.05, 0.1) is 13.2 Å². The lowest BCUT2D eigenvalue weighted by Gasteiger charge is -2.06. The van der Waals surface area contributed by atoms with Crippen molar-refractivity contribution >= 4 is 5.96 Å². The second-order valence-electron chi connectivity index (χ2n) is 4.07. The summed E-state index contributed by atoms with van der Waals surface area (Å²) in [6.45, 7) is 10.8. The average Bonchev–Trinajstić information content (AvgIpc) is 2.22. The summed E-state index contributed by atoms with van der Waals surface area (Å²) in [5, 5.41) is 3.01. The molecule has 0 aromatic heterocycles. The Labute approximate surface area is 99.0 Å². The first-order valence-corrected chi connectivity index (χ1v) is 5.89. The first kappa shape index (κ1) is 15.0. The number of nitrogens with two attached hydrogens (primary N) is 1. The molecular formula is C12H25N3O. The Morgan fingerprint density at radius 3 is 2.88 bits per heavy atom. The fraction of sp³-hybridized carbons (Fsp3) is 0.750. The van der Waals surface area contributed by atoms with Gasteiger partial charge in [-0.1, -0.05) is 19.9 Å². The summed E-state index contributed by atoms with van der Waals surface area (Å²) >= 11 is 0. The van der Waals surface area contributed by atoms with Gasteiger partial charge < -0.3 is 15.8 Å². The summed E-state index contributed by atoms with van der Waals surface area (Å²) in [6.07, 6.45) is 3.80. The van der Waals surface area contributed by atoms with Gasteiger partial charge >= 0.3 is 0 Å². The van der Waals surface area contributed by atoms with Crippen molar-refractivity contribution in [2.45, 2.75) is 26.7 Å². The summed E-state index contributed by atoms with van der Waals surface area (Å²) < 4.78 is 5.32. The third-order valence-electron chi connectivity index (χ3n) is 2.01. The van der Waals surface area contributed by atoms with Gasteiger partial charge in [0.2, 0.25) is 0 Å². The molecule has 0 saturated carbocycles. The van der Waals surface area contributed by atoms with Crippen molar-refractivity contribution in [3.8, 4) is 0 Å². The molecule has 0 bridgehead atoms. The second-order valence-corrected chi connectivity index (χ2v) is 4.07. The number of nitrogens with zero attached hydrogens (tertiary/aromatic N) is 1. The zero-order valence-corrected chi connectivity index (χ0v) is 10.5. The van der Waals surface area contributed by atoms with E-state index in [-0.39, 0.29) is 0 Å². The number of rotatable bonds is 9. The first-order valence-electron chi connectivity index (χ1n) is 5.89. The van der Waals surface area contributed by atoms with Gasteiger partial charge in [-0.25, -0.2) is 0 Å². The summed E-state index contributed by atoms with van der Waals surface area (Å²) in [6, 6.07) is 0. The maximum Gasteiger partial charge on any atom is 0.188 e. The quantitative estimate of drug-likeness (QED) is 0.272. The molecular weight excluding hydrogens is 202 g/mol. The zero-order valence-electron chi connectivity index (χ0n) is 10.5. The summed E-state index contributed by atoms with van der Waals surface area (Å²) in [5.74, 6) is 1.17. The van der Waals surface area contributed by atoms with Crippen LogP contribution in [0.2, 0.25) is 0 Å². The summed E-state index contributed by atoms with van der Waals surface area (Å²) in [5.41, 5.74) is 5.67. The lowest BCUT2D eigenvalue weighted by Crippen LogP contribution is -2.34. The van der Waals surface area contributed by atoms with Crippen LogP contribution in [0.3, 0.4) is 0 Å². The fourth-order valence-electron chi connectivity index (χ4n) is 1.02. The molecule has 0 saturated heterocycles. The van der Waals surface area contributed by atoms with Crippen molar-refractivity contribution in [2.24, 2.45) is 16.6 Å². The third-order valence-corrected chi connectivity index (χ3v) is 2.01. The van der Waals surface area contributed by atoms with Crippen LogP contribution in [-0.4, -0.2) is 32.3 Å². The Hall–Kier alpha value is -1.03. The average molecular weight is 227 g/mol.